The highest BCUT2D eigenvalue weighted by molar-refractivity contribution is 5.96. The van der Waals surface area contributed by atoms with E-state index in [1.807, 2.05) is 32.9 Å². The summed E-state index contributed by atoms with van der Waals surface area (Å²) in [6, 6.07) is 10.6. The Bertz CT molecular complexity index is 731. The Hall–Kier alpha value is -2.82. The normalized spacial score (nSPS) is 10.2. The van der Waals surface area contributed by atoms with E-state index >= 15 is 0 Å². The van der Waals surface area contributed by atoms with Gasteiger partial charge in [0.2, 0.25) is 0 Å². The molecule has 5 heteroatoms. The van der Waals surface area contributed by atoms with Gasteiger partial charge >= 0.3 is 0 Å². The van der Waals surface area contributed by atoms with Crippen LogP contribution in [0.3, 0.4) is 0 Å². The number of carbonyl (C=O) groups excluding carboxylic acids is 2. The number of hydrogen-bond donors (Lipinski definition) is 2. The second-order valence-corrected chi connectivity index (χ2v) is 5.47. The van der Waals surface area contributed by atoms with E-state index in [9.17, 15) is 9.59 Å². The van der Waals surface area contributed by atoms with Crippen molar-refractivity contribution in [2.75, 3.05) is 11.9 Å². The van der Waals surface area contributed by atoms with E-state index in [1.54, 1.807) is 24.3 Å². The molecule has 23 heavy (non-hydrogen) atoms. The lowest BCUT2D eigenvalue weighted by Gasteiger charge is -2.14. The van der Waals surface area contributed by atoms with Crippen LogP contribution in [-0.2, 0) is 4.79 Å². The molecule has 2 rings (SSSR count). The number of rotatable bonds is 5. The molecule has 0 aliphatic heterocycles. The van der Waals surface area contributed by atoms with Crippen molar-refractivity contribution in [1.82, 2.24) is 0 Å². The average molecular weight is 312 g/mol. The number of anilines is 1. The molecule has 5 nitrogen and oxygen atoms in total. The van der Waals surface area contributed by atoms with E-state index in [0.717, 1.165) is 22.4 Å². The molecular weight excluding hydrogens is 292 g/mol. The van der Waals surface area contributed by atoms with Gasteiger partial charge in [0.05, 0.1) is 5.56 Å². The van der Waals surface area contributed by atoms with E-state index in [2.05, 4.69) is 5.32 Å². The number of nitrogens with two attached hydrogens (primary N) is 1. The van der Waals surface area contributed by atoms with Crippen molar-refractivity contribution in [3.8, 4) is 5.75 Å². The van der Waals surface area contributed by atoms with Crippen LogP contribution >= 0.6 is 0 Å². The number of nitrogens with one attached hydrogen (secondary N) is 1. The summed E-state index contributed by atoms with van der Waals surface area (Å²) in [6.07, 6.45) is 0. The van der Waals surface area contributed by atoms with Crippen molar-refractivity contribution in [2.24, 2.45) is 5.73 Å². The summed E-state index contributed by atoms with van der Waals surface area (Å²) in [6.45, 7) is 5.70. The minimum absolute atomic E-state index is 0.197. The zero-order valence-corrected chi connectivity index (χ0v) is 13.5. The Morgan fingerprint density at radius 2 is 1.70 bits per heavy atom. The van der Waals surface area contributed by atoms with Crippen molar-refractivity contribution >= 4 is 17.5 Å². The van der Waals surface area contributed by atoms with E-state index in [4.69, 9.17) is 10.5 Å². The first-order chi connectivity index (χ1) is 10.9. The smallest absolute Gasteiger partial charge is 0.262 e. The number of aryl methyl sites for hydroxylation is 3. The summed E-state index contributed by atoms with van der Waals surface area (Å²) in [5.41, 5.74) is 9.45. The largest absolute Gasteiger partial charge is 0.483 e. The second-order valence-electron chi connectivity index (χ2n) is 5.47. The van der Waals surface area contributed by atoms with Crippen LogP contribution in [0.5, 0.6) is 5.75 Å². The van der Waals surface area contributed by atoms with Gasteiger partial charge in [0.15, 0.2) is 6.61 Å². The first kappa shape index (κ1) is 16.5. The van der Waals surface area contributed by atoms with Gasteiger partial charge in [0, 0.05) is 5.69 Å². The van der Waals surface area contributed by atoms with Gasteiger partial charge in [-0.1, -0.05) is 29.8 Å². The van der Waals surface area contributed by atoms with E-state index < -0.39 is 5.91 Å². The first-order valence-corrected chi connectivity index (χ1v) is 7.28. The number of amides is 2. The van der Waals surface area contributed by atoms with Gasteiger partial charge in [-0.2, -0.15) is 0 Å². The number of carbonyl (C=O) groups is 2. The van der Waals surface area contributed by atoms with E-state index in [0.29, 0.717) is 5.75 Å². The van der Waals surface area contributed by atoms with Gasteiger partial charge in [-0.25, -0.2) is 0 Å². The fourth-order valence-electron chi connectivity index (χ4n) is 2.49. The molecule has 0 saturated carbocycles. The highest BCUT2D eigenvalue weighted by Crippen LogP contribution is 2.22. The summed E-state index contributed by atoms with van der Waals surface area (Å²) in [7, 11) is 0. The lowest BCUT2D eigenvalue weighted by Crippen LogP contribution is -2.22. The van der Waals surface area contributed by atoms with Crippen LogP contribution in [0.15, 0.2) is 36.4 Å². The molecule has 120 valence electrons. The van der Waals surface area contributed by atoms with Gasteiger partial charge in [-0.05, 0) is 44.0 Å². The van der Waals surface area contributed by atoms with Gasteiger partial charge in [-0.3, -0.25) is 9.59 Å². The highest BCUT2D eigenvalue weighted by atomic mass is 16.5. The number of benzene rings is 2. The molecule has 0 aliphatic rings. The van der Waals surface area contributed by atoms with Crippen molar-refractivity contribution in [3.05, 3.63) is 58.7 Å². The quantitative estimate of drug-likeness (QED) is 0.890. The van der Waals surface area contributed by atoms with Gasteiger partial charge < -0.3 is 15.8 Å². The summed E-state index contributed by atoms with van der Waals surface area (Å²) in [4.78, 5) is 23.4. The third-order valence-corrected chi connectivity index (χ3v) is 3.45. The van der Waals surface area contributed by atoms with Crippen LogP contribution < -0.4 is 15.8 Å². The van der Waals surface area contributed by atoms with Crippen molar-refractivity contribution in [1.29, 1.82) is 0 Å². The van der Waals surface area contributed by atoms with Crippen LogP contribution in [0.25, 0.3) is 0 Å². The molecule has 0 bridgehead atoms. The molecule has 2 aromatic carbocycles. The predicted octanol–water partition coefficient (Wildman–Crippen LogP) is 2.73. The summed E-state index contributed by atoms with van der Waals surface area (Å²) < 4.78 is 5.42. The summed E-state index contributed by atoms with van der Waals surface area (Å²) in [5.74, 6) is -0.585. The minimum atomic E-state index is -0.591. The second kappa shape index (κ2) is 6.96. The predicted molar refractivity (Wildman–Crippen MR) is 89.7 cm³/mol. The zero-order valence-electron chi connectivity index (χ0n) is 13.5. The number of para-hydroxylation sites is 1. The maximum Gasteiger partial charge on any atom is 0.262 e. The number of ether oxygens (including phenoxy) is 1. The molecule has 0 aliphatic carbocycles. The lowest BCUT2D eigenvalue weighted by molar-refractivity contribution is -0.118. The molecule has 0 fully saturated rings. The Kier molecular flexibility index (Phi) is 5.01. The van der Waals surface area contributed by atoms with Crippen LogP contribution in [0.1, 0.15) is 27.0 Å². The van der Waals surface area contributed by atoms with Crippen LogP contribution in [-0.4, -0.2) is 18.4 Å². The van der Waals surface area contributed by atoms with Crippen molar-refractivity contribution in [2.45, 2.75) is 20.8 Å². The summed E-state index contributed by atoms with van der Waals surface area (Å²) in [5, 5.41) is 2.84. The maximum atomic E-state index is 12.1. The maximum absolute atomic E-state index is 12.1. The molecule has 0 spiro atoms. The standard InChI is InChI=1S/C18H20N2O3/c1-11-8-12(2)17(13(3)9-11)20-16(21)10-23-15-7-5-4-6-14(15)18(19)22/h4-9H,10H2,1-3H3,(H2,19,22)(H,20,21). The molecule has 0 unspecified atom stereocenters. The fourth-order valence-corrected chi connectivity index (χ4v) is 2.49. The third-order valence-electron chi connectivity index (χ3n) is 3.45. The lowest BCUT2D eigenvalue weighted by atomic mass is 10.1. The van der Waals surface area contributed by atoms with E-state index in [1.165, 1.54) is 0 Å². The Balaban J connectivity index is 2.06. The zero-order chi connectivity index (χ0) is 17.0. The highest BCUT2D eigenvalue weighted by Gasteiger charge is 2.12. The van der Waals surface area contributed by atoms with Crippen LogP contribution in [0.4, 0.5) is 5.69 Å². The SMILES string of the molecule is Cc1cc(C)c(NC(=O)COc2ccccc2C(N)=O)c(C)c1. The molecule has 0 heterocycles. The molecule has 0 saturated heterocycles. The van der Waals surface area contributed by atoms with Gasteiger partial charge in [0.25, 0.3) is 11.8 Å². The molecule has 2 amide bonds. The Morgan fingerprint density at radius 3 is 2.30 bits per heavy atom. The molecule has 0 atom stereocenters. The molecule has 2 aromatic rings. The number of primary amides is 1. The summed E-state index contributed by atoms with van der Waals surface area (Å²) >= 11 is 0. The monoisotopic (exact) mass is 312 g/mol. The molecule has 0 aromatic heterocycles. The Labute approximate surface area is 135 Å². The first-order valence-electron chi connectivity index (χ1n) is 7.28. The topological polar surface area (TPSA) is 81.4 Å². The van der Waals surface area contributed by atoms with Crippen LogP contribution in [0.2, 0.25) is 0 Å². The van der Waals surface area contributed by atoms with Crippen LogP contribution in [0, 0.1) is 20.8 Å². The third kappa shape index (κ3) is 4.10. The average Bonchev–Trinajstić information content (AvgIpc) is 2.49. The van der Waals surface area contributed by atoms with Gasteiger partial charge in [-0.15, -0.1) is 0 Å². The fraction of sp³-hybridized carbons (Fsp3) is 0.222. The molecule has 0 radical (unpaired) electrons. The van der Waals surface area contributed by atoms with E-state index in [-0.39, 0.29) is 18.1 Å². The molecular formula is C18H20N2O3. The van der Waals surface area contributed by atoms with Gasteiger partial charge in [0.1, 0.15) is 5.75 Å². The minimum Gasteiger partial charge on any atom is -0.483 e. The molecule has 3 N–H and O–H groups in total. The Morgan fingerprint density at radius 1 is 1.09 bits per heavy atom. The number of hydrogen-bond acceptors (Lipinski definition) is 3. The van der Waals surface area contributed by atoms with Crippen molar-refractivity contribution in [3.63, 3.8) is 0 Å². The van der Waals surface area contributed by atoms with Crippen molar-refractivity contribution < 1.29 is 14.3 Å².